The van der Waals surface area contributed by atoms with Crippen LogP contribution < -0.4 is 0 Å². The Balaban J connectivity index is 2.14. The van der Waals surface area contributed by atoms with Crippen molar-refractivity contribution in [1.29, 1.82) is 0 Å². The van der Waals surface area contributed by atoms with E-state index in [0.717, 1.165) is 5.56 Å². The molecule has 0 spiro atoms. The van der Waals surface area contributed by atoms with Gasteiger partial charge in [0.25, 0.3) is 5.91 Å². The number of aromatic carboxylic acids is 1. The quantitative estimate of drug-likeness (QED) is 0.890. The van der Waals surface area contributed by atoms with Crippen molar-refractivity contribution in [2.75, 3.05) is 7.05 Å². The maximum Gasteiger partial charge on any atom is 0.354 e. The molecule has 1 N–H and O–H groups in total. The third-order valence-corrected chi connectivity index (χ3v) is 2.71. The molecule has 0 aliphatic carbocycles. The summed E-state index contributed by atoms with van der Waals surface area (Å²) in [5, 5.41) is 12.9. The first-order valence-corrected chi connectivity index (χ1v) is 5.90. The molecule has 0 aliphatic heterocycles. The van der Waals surface area contributed by atoms with E-state index in [2.05, 4.69) is 10.1 Å². The monoisotopic (exact) mass is 274 g/mol. The summed E-state index contributed by atoms with van der Waals surface area (Å²) in [5.41, 5.74) is 0.847. The van der Waals surface area contributed by atoms with E-state index in [9.17, 15) is 9.59 Å². The zero-order valence-electron chi connectivity index (χ0n) is 11.1. The van der Waals surface area contributed by atoms with Gasteiger partial charge in [-0.15, -0.1) is 0 Å². The first-order chi connectivity index (χ1) is 9.47. The van der Waals surface area contributed by atoms with Crippen LogP contribution >= 0.6 is 0 Å². The van der Waals surface area contributed by atoms with E-state index in [1.807, 2.05) is 6.20 Å². The Morgan fingerprint density at radius 1 is 1.35 bits per heavy atom. The van der Waals surface area contributed by atoms with E-state index in [1.165, 1.54) is 23.1 Å². The average molecular weight is 274 g/mol. The van der Waals surface area contributed by atoms with Gasteiger partial charge in [0.15, 0.2) is 0 Å². The molecule has 0 atom stereocenters. The second kappa shape index (κ2) is 5.52. The molecule has 0 bridgehead atoms. The molecule has 104 valence electrons. The largest absolute Gasteiger partial charge is 0.477 e. The Kier molecular flexibility index (Phi) is 3.79. The molecule has 2 rings (SSSR count). The van der Waals surface area contributed by atoms with Gasteiger partial charge in [-0.3, -0.25) is 9.48 Å². The second-order valence-electron chi connectivity index (χ2n) is 4.40. The van der Waals surface area contributed by atoms with Crippen molar-refractivity contribution < 1.29 is 14.7 Å². The summed E-state index contributed by atoms with van der Waals surface area (Å²) < 4.78 is 1.65. The fourth-order valence-electron chi connectivity index (χ4n) is 1.77. The van der Waals surface area contributed by atoms with Crippen LogP contribution in [0.25, 0.3) is 0 Å². The van der Waals surface area contributed by atoms with E-state index in [1.54, 1.807) is 25.0 Å². The fourth-order valence-corrected chi connectivity index (χ4v) is 1.77. The van der Waals surface area contributed by atoms with Gasteiger partial charge in [-0.2, -0.15) is 5.10 Å². The Morgan fingerprint density at radius 3 is 2.65 bits per heavy atom. The molecule has 0 aliphatic rings. The van der Waals surface area contributed by atoms with Crippen molar-refractivity contribution in [2.45, 2.75) is 6.54 Å². The van der Waals surface area contributed by atoms with Crippen molar-refractivity contribution in [1.82, 2.24) is 19.7 Å². The minimum absolute atomic E-state index is 0.108. The van der Waals surface area contributed by atoms with Gasteiger partial charge >= 0.3 is 5.97 Å². The summed E-state index contributed by atoms with van der Waals surface area (Å²) in [6.07, 6.45) is 3.48. The third-order valence-electron chi connectivity index (χ3n) is 2.71. The van der Waals surface area contributed by atoms with Crippen LogP contribution in [0.1, 0.15) is 26.5 Å². The predicted molar refractivity (Wildman–Crippen MR) is 70.2 cm³/mol. The van der Waals surface area contributed by atoms with Gasteiger partial charge in [0.05, 0.1) is 6.20 Å². The highest BCUT2D eigenvalue weighted by atomic mass is 16.4. The average Bonchev–Trinajstić information content (AvgIpc) is 2.83. The molecule has 7 nitrogen and oxygen atoms in total. The van der Waals surface area contributed by atoms with E-state index in [4.69, 9.17) is 5.11 Å². The molecular weight excluding hydrogens is 260 g/mol. The van der Waals surface area contributed by atoms with Crippen LogP contribution in [0.15, 0.2) is 30.6 Å². The first kappa shape index (κ1) is 13.7. The second-order valence-corrected chi connectivity index (χ2v) is 4.40. The highest BCUT2D eigenvalue weighted by Crippen LogP contribution is 2.07. The van der Waals surface area contributed by atoms with Crippen molar-refractivity contribution in [3.05, 3.63) is 47.5 Å². The van der Waals surface area contributed by atoms with Gasteiger partial charge < -0.3 is 10.0 Å². The van der Waals surface area contributed by atoms with Crippen LogP contribution in [-0.2, 0) is 13.6 Å². The molecule has 1 amide bonds. The summed E-state index contributed by atoms with van der Waals surface area (Å²) >= 11 is 0. The molecule has 2 aromatic rings. The van der Waals surface area contributed by atoms with Gasteiger partial charge in [0, 0.05) is 32.4 Å². The van der Waals surface area contributed by atoms with Gasteiger partial charge in [0.1, 0.15) is 11.4 Å². The fraction of sp³-hybridized carbons (Fsp3) is 0.231. The predicted octanol–water partition coefficient (Wildman–Crippen LogP) is 0.786. The summed E-state index contributed by atoms with van der Waals surface area (Å²) in [6.45, 7) is 0.381. The van der Waals surface area contributed by atoms with E-state index < -0.39 is 5.97 Å². The SMILES string of the molecule is CN(Cc1cnn(C)c1)C(=O)c1cccc(C(=O)O)n1. The molecule has 20 heavy (non-hydrogen) atoms. The molecule has 0 unspecified atom stereocenters. The van der Waals surface area contributed by atoms with E-state index >= 15 is 0 Å². The number of carbonyl (C=O) groups excluding carboxylic acids is 1. The lowest BCUT2D eigenvalue weighted by atomic mass is 10.2. The zero-order chi connectivity index (χ0) is 14.7. The maximum atomic E-state index is 12.2. The van der Waals surface area contributed by atoms with Gasteiger partial charge in [-0.05, 0) is 12.1 Å². The van der Waals surface area contributed by atoms with Crippen LogP contribution in [0.4, 0.5) is 0 Å². The van der Waals surface area contributed by atoms with Crippen LogP contribution in [-0.4, -0.2) is 43.7 Å². The molecular formula is C13H14N4O3. The highest BCUT2D eigenvalue weighted by molar-refractivity contribution is 5.94. The third kappa shape index (κ3) is 3.00. The molecule has 0 saturated carbocycles. The molecule has 0 aromatic carbocycles. The number of hydrogen-bond acceptors (Lipinski definition) is 4. The Labute approximate surface area is 115 Å². The lowest BCUT2D eigenvalue weighted by Gasteiger charge is -2.15. The lowest BCUT2D eigenvalue weighted by molar-refractivity contribution is 0.0690. The first-order valence-electron chi connectivity index (χ1n) is 5.90. The zero-order valence-corrected chi connectivity index (χ0v) is 11.1. The molecule has 2 aromatic heterocycles. The van der Waals surface area contributed by atoms with E-state index in [0.29, 0.717) is 6.54 Å². The van der Waals surface area contributed by atoms with Gasteiger partial charge in [0.2, 0.25) is 0 Å². The minimum atomic E-state index is -1.16. The smallest absolute Gasteiger partial charge is 0.354 e. The minimum Gasteiger partial charge on any atom is -0.477 e. The Morgan fingerprint density at radius 2 is 2.05 bits per heavy atom. The maximum absolute atomic E-state index is 12.2. The highest BCUT2D eigenvalue weighted by Gasteiger charge is 2.16. The normalized spacial score (nSPS) is 10.3. The molecule has 0 radical (unpaired) electrons. The summed E-state index contributed by atoms with van der Waals surface area (Å²) in [5.74, 6) is -1.49. The van der Waals surface area contributed by atoms with Gasteiger partial charge in [-0.25, -0.2) is 9.78 Å². The number of carboxylic acids is 1. The van der Waals surface area contributed by atoms with Crippen LogP contribution in [0.5, 0.6) is 0 Å². The molecule has 2 heterocycles. The number of amides is 1. The number of pyridine rings is 1. The Hall–Kier alpha value is -2.70. The Bertz CT molecular complexity index is 651. The lowest BCUT2D eigenvalue weighted by Crippen LogP contribution is -2.27. The van der Waals surface area contributed by atoms with Crippen molar-refractivity contribution in [3.8, 4) is 0 Å². The van der Waals surface area contributed by atoms with Crippen molar-refractivity contribution in [2.24, 2.45) is 7.05 Å². The number of carbonyl (C=O) groups is 2. The number of aryl methyl sites for hydroxylation is 1. The van der Waals surface area contributed by atoms with Crippen LogP contribution in [0.3, 0.4) is 0 Å². The molecule has 0 saturated heterocycles. The molecule has 7 heteroatoms. The number of hydrogen-bond donors (Lipinski definition) is 1. The number of nitrogens with zero attached hydrogens (tertiary/aromatic N) is 4. The number of rotatable bonds is 4. The molecule has 0 fully saturated rings. The summed E-state index contributed by atoms with van der Waals surface area (Å²) in [6, 6.07) is 4.34. The van der Waals surface area contributed by atoms with Crippen LogP contribution in [0.2, 0.25) is 0 Å². The standard InChI is InChI=1S/C13H14N4O3/c1-16(7-9-6-14-17(2)8-9)12(18)10-4-3-5-11(15-10)13(19)20/h3-6,8H,7H2,1-2H3,(H,19,20). The van der Waals surface area contributed by atoms with Crippen molar-refractivity contribution >= 4 is 11.9 Å². The number of carboxylic acid groups (broad SMARTS) is 1. The number of aromatic nitrogens is 3. The topological polar surface area (TPSA) is 88.3 Å². The van der Waals surface area contributed by atoms with Crippen molar-refractivity contribution in [3.63, 3.8) is 0 Å². The van der Waals surface area contributed by atoms with E-state index in [-0.39, 0.29) is 17.3 Å². The van der Waals surface area contributed by atoms with Gasteiger partial charge in [-0.1, -0.05) is 6.07 Å². The summed E-state index contributed by atoms with van der Waals surface area (Å²) in [4.78, 5) is 28.3. The summed E-state index contributed by atoms with van der Waals surface area (Å²) in [7, 11) is 3.42. The van der Waals surface area contributed by atoms with Crippen LogP contribution in [0, 0.1) is 0 Å².